The van der Waals surface area contributed by atoms with Crippen molar-refractivity contribution < 1.29 is 19.1 Å². The lowest BCUT2D eigenvalue weighted by molar-refractivity contribution is -0.118. The number of carbonyl (C=O) groups is 2. The average molecular weight is 515 g/mol. The summed E-state index contributed by atoms with van der Waals surface area (Å²) in [4.78, 5) is 29.8. The number of benzene rings is 3. The molecular formula is C30H34N4O4. The molecule has 198 valence electrons. The van der Waals surface area contributed by atoms with Gasteiger partial charge in [0.15, 0.2) is 11.5 Å². The number of anilines is 3. The van der Waals surface area contributed by atoms with Gasteiger partial charge in [-0.1, -0.05) is 37.3 Å². The molecule has 1 aliphatic rings. The molecule has 1 heterocycles. The van der Waals surface area contributed by atoms with Crippen molar-refractivity contribution in [2.45, 2.75) is 13.3 Å². The zero-order valence-corrected chi connectivity index (χ0v) is 22.5. The van der Waals surface area contributed by atoms with Crippen molar-refractivity contribution >= 4 is 40.1 Å². The number of nitrogens with one attached hydrogen (secondary N) is 2. The zero-order valence-electron chi connectivity index (χ0n) is 22.5. The Hall–Kier alpha value is -4.30. The van der Waals surface area contributed by atoms with Gasteiger partial charge in [-0.15, -0.1) is 0 Å². The Kier molecular flexibility index (Phi) is 8.33. The summed E-state index contributed by atoms with van der Waals surface area (Å²) in [5.41, 5.74) is 5.03. The van der Waals surface area contributed by atoms with Crippen molar-refractivity contribution in [2.75, 3.05) is 56.9 Å². The summed E-state index contributed by atoms with van der Waals surface area (Å²) in [6.45, 7) is 3.24. The van der Waals surface area contributed by atoms with Gasteiger partial charge in [-0.05, 0) is 50.0 Å². The molecule has 3 aromatic carbocycles. The first kappa shape index (κ1) is 26.8. The molecule has 0 spiro atoms. The van der Waals surface area contributed by atoms with Gasteiger partial charge in [0.2, 0.25) is 5.91 Å². The zero-order chi connectivity index (χ0) is 27.2. The summed E-state index contributed by atoms with van der Waals surface area (Å²) in [6, 6.07) is 21.0. The first-order chi connectivity index (χ1) is 18.4. The van der Waals surface area contributed by atoms with Crippen molar-refractivity contribution in [1.82, 2.24) is 4.90 Å². The molecule has 0 unspecified atom stereocenters. The molecule has 0 saturated heterocycles. The van der Waals surface area contributed by atoms with Gasteiger partial charge in [-0.2, -0.15) is 0 Å². The van der Waals surface area contributed by atoms with E-state index in [1.165, 1.54) is 0 Å². The van der Waals surface area contributed by atoms with Crippen LogP contribution in [0.3, 0.4) is 0 Å². The molecule has 0 atom stereocenters. The van der Waals surface area contributed by atoms with E-state index in [9.17, 15) is 9.59 Å². The van der Waals surface area contributed by atoms with Crippen LogP contribution in [0.4, 0.5) is 17.1 Å². The number of nitrogens with zero attached hydrogens (tertiary/aromatic N) is 2. The second-order valence-corrected chi connectivity index (χ2v) is 9.20. The number of hydrogen-bond acceptors (Lipinski definition) is 6. The standard InChI is InChI=1S/C30H34N4O4/c1-6-27(35)34(17-16-33(2)3)22-14-12-21(13-15-22)31-29(20-10-8-7-9-11-20)28-23-18-25(37-4)26(38-5)19-24(23)32-30(28)36/h7-15,18-19,31H,6,16-17H2,1-5H3,(H,32,36). The molecule has 0 bridgehead atoms. The third kappa shape index (κ3) is 5.65. The van der Waals surface area contributed by atoms with Gasteiger partial charge < -0.3 is 29.9 Å². The van der Waals surface area contributed by atoms with Crippen LogP contribution in [-0.2, 0) is 9.59 Å². The van der Waals surface area contributed by atoms with Crippen LogP contribution in [0.2, 0.25) is 0 Å². The van der Waals surface area contributed by atoms with Crippen LogP contribution in [0.25, 0.3) is 11.3 Å². The molecular weight excluding hydrogens is 480 g/mol. The van der Waals surface area contributed by atoms with E-state index < -0.39 is 0 Å². The molecule has 4 rings (SSSR count). The fraction of sp³-hybridized carbons (Fsp3) is 0.267. The number of likely N-dealkylation sites (N-methyl/N-ethyl adjacent to an activating group) is 1. The number of carbonyl (C=O) groups excluding carboxylic acids is 2. The van der Waals surface area contributed by atoms with Crippen LogP contribution in [0.1, 0.15) is 24.5 Å². The van der Waals surface area contributed by atoms with Gasteiger partial charge in [-0.3, -0.25) is 9.59 Å². The molecule has 38 heavy (non-hydrogen) atoms. The van der Waals surface area contributed by atoms with E-state index in [0.29, 0.717) is 41.4 Å². The molecule has 3 aromatic rings. The minimum atomic E-state index is -0.221. The second-order valence-electron chi connectivity index (χ2n) is 9.20. The highest BCUT2D eigenvalue weighted by Crippen LogP contribution is 2.43. The maximum absolute atomic E-state index is 13.3. The molecule has 8 nitrogen and oxygen atoms in total. The van der Waals surface area contributed by atoms with Gasteiger partial charge >= 0.3 is 0 Å². The molecule has 0 saturated carbocycles. The second kappa shape index (κ2) is 11.8. The van der Waals surface area contributed by atoms with Crippen molar-refractivity contribution in [2.24, 2.45) is 0 Å². The van der Waals surface area contributed by atoms with E-state index in [4.69, 9.17) is 9.47 Å². The Labute approximate surface area is 223 Å². The Morgan fingerprint density at radius 3 is 2.18 bits per heavy atom. The lowest BCUT2D eigenvalue weighted by atomic mass is 9.99. The molecule has 2 amide bonds. The van der Waals surface area contributed by atoms with E-state index in [0.717, 1.165) is 29.0 Å². The lowest BCUT2D eigenvalue weighted by Crippen LogP contribution is -2.36. The normalized spacial score (nSPS) is 13.6. The maximum atomic E-state index is 13.3. The van der Waals surface area contributed by atoms with Crippen molar-refractivity contribution in [3.63, 3.8) is 0 Å². The predicted molar refractivity (Wildman–Crippen MR) is 153 cm³/mol. The van der Waals surface area contributed by atoms with E-state index in [1.807, 2.05) is 81.7 Å². The SMILES string of the molecule is CCC(=O)N(CCN(C)C)c1ccc(NC(=C2C(=O)Nc3cc(OC)c(OC)cc32)c2ccccc2)cc1. The van der Waals surface area contributed by atoms with Gasteiger partial charge in [0.05, 0.1) is 31.2 Å². The average Bonchev–Trinajstić information content (AvgIpc) is 3.25. The van der Waals surface area contributed by atoms with Crippen molar-refractivity contribution in [3.05, 3.63) is 77.9 Å². The number of amides is 2. The smallest absolute Gasteiger partial charge is 0.258 e. The summed E-state index contributed by atoms with van der Waals surface area (Å²) < 4.78 is 10.9. The highest BCUT2D eigenvalue weighted by Gasteiger charge is 2.30. The molecule has 0 fully saturated rings. The van der Waals surface area contributed by atoms with E-state index in [-0.39, 0.29) is 11.8 Å². The number of methoxy groups -OCH3 is 2. The minimum absolute atomic E-state index is 0.0725. The highest BCUT2D eigenvalue weighted by atomic mass is 16.5. The number of rotatable bonds is 10. The summed E-state index contributed by atoms with van der Waals surface area (Å²) >= 11 is 0. The number of fused-ring (bicyclic) bond motifs is 1. The van der Waals surface area contributed by atoms with Gasteiger partial charge in [0.25, 0.3) is 5.91 Å². The van der Waals surface area contributed by atoms with Crippen molar-refractivity contribution in [3.8, 4) is 11.5 Å². The lowest BCUT2D eigenvalue weighted by Gasteiger charge is -2.24. The monoisotopic (exact) mass is 514 g/mol. The fourth-order valence-electron chi connectivity index (χ4n) is 4.39. The number of ether oxygens (including phenoxy) is 2. The predicted octanol–water partition coefficient (Wildman–Crippen LogP) is 4.94. The number of hydrogen-bond donors (Lipinski definition) is 2. The van der Waals surface area contributed by atoms with Crippen LogP contribution >= 0.6 is 0 Å². The first-order valence-corrected chi connectivity index (χ1v) is 12.6. The third-order valence-electron chi connectivity index (χ3n) is 6.40. The molecule has 0 aromatic heterocycles. The third-order valence-corrected chi connectivity index (χ3v) is 6.40. The maximum Gasteiger partial charge on any atom is 0.258 e. The van der Waals surface area contributed by atoms with E-state index >= 15 is 0 Å². The molecule has 8 heteroatoms. The van der Waals surface area contributed by atoms with E-state index in [2.05, 4.69) is 15.5 Å². The summed E-state index contributed by atoms with van der Waals surface area (Å²) in [5, 5.41) is 6.42. The minimum Gasteiger partial charge on any atom is -0.493 e. The molecule has 2 N–H and O–H groups in total. The fourth-order valence-corrected chi connectivity index (χ4v) is 4.39. The quantitative estimate of drug-likeness (QED) is 0.373. The first-order valence-electron chi connectivity index (χ1n) is 12.6. The Bertz CT molecular complexity index is 1330. The Balaban J connectivity index is 1.75. The van der Waals surface area contributed by atoms with Gasteiger partial charge in [-0.25, -0.2) is 0 Å². The van der Waals surface area contributed by atoms with Gasteiger partial charge in [0.1, 0.15) is 0 Å². The van der Waals surface area contributed by atoms with Crippen LogP contribution in [0, 0.1) is 0 Å². The summed E-state index contributed by atoms with van der Waals surface area (Å²) in [6.07, 6.45) is 0.431. The van der Waals surface area contributed by atoms with Crippen LogP contribution < -0.4 is 25.0 Å². The Morgan fingerprint density at radius 1 is 0.921 bits per heavy atom. The van der Waals surface area contributed by atoms with Crippen LogP contribution in [0.15, 0.2) is 66.7 Å². The van der Waals surface area contributed by atoms with Crippen molar-refractivity contribution in [1.29, 1.82) is 0 Å². The summed E-state index contributed by atoms with van der Waals surface area (Å²) in [7, 11) is 7.11. The molecule has 0 radical (unpaired) electrons. The van der Waals surface area contributed by atoms with Gasteiger partial charge in [0, 0.05) is 42.5 Å². The molecule has 0 aliphatic carbocycles. The highest BCUT2D eigenvalue weighted by molar-refractivity contribution is 6.37. The topological polar surface area (TPSA) is 83.1 Å². The molecule has 1 aliphatic heterocycles. The summed E-state index contributed by atoms with van der Waals surface area (Å²) in [5.74, 6) is 0.929. The van der Waals surface area contributed by atoms with Crippen LogP contribution in [-0.4, -0.2) is 58.1 Å². The largest absolute Gasteiger partial charge is 0.493 e. The Morgan fingerprint density at radius 2 is 1.58 bits per heavy atom. The van der Waals surface area contributed by atoms with E-state index in [1.54, 1.807) is 25.2 Å². The van der Waals surface area contributed by atoms with Crippen LogP contribution in [0.5, 0.6) is 11.5 Å².